The zero-order chi connectivity index (χ0) is 22.9. The molecule has 0 saturated carbocycles. The Hall–Kier alpha value is -4.72. The lowest BCUT2D eigenvalue weighted by molar-refractivity contribution is 0.0686. The van der Waals surface area contributed by atoms with E-state index in [4.69, 9.17) is 15.9 Å². The Morgan fingerprint density at radius 3 is 2.67 bits per heavy atom. The molecule has 4 N–H and O–H groups in total. The van der Waals surface area contributed by atoms with Gasteiger partial charge in [-0.25, -0.2) is 14.8 Å². The smallest absolute Gasteiger partial charge is 0.352 e. The van der Waals surface area contributed by atoms with Crippen molar-refractivity contribution in [2.24, 2.45) is 5.73 Å². The van der Waals surface area contributed by atoms with Gasteiger partial charge in [0.05, 0.1) is 0 Å². The molecular weight excluding hydrogens is 418 g/mol. The summed E-state index contributed by atoms with van der Waals surface area (Å²) < 4.78 is 7.66. The third kappa shape index (κ3) is 3.85. The number of aromatic carboxylic acids is 1. The molecule has 33 heavy (non-hydrogen) atoms. The Kier molecular flexibility index (Phi) is 4.95. The van der Waals surface area contributed by atoms with Crippen molar-refractivity contribution in [2.45, 2.75) is 6.54 Å². The molecule has 5 aromatic rings. The van der Waals surface area contributed by atoms with Gasteiger partial charge in [-0.1, -0.05) is 36.4 Å². The van der Waals surface area contributed by atoms with Crippen LogP contribution in [0.2, 0.25) is 0 Å². The van der Waals surface area contributed by atoms with Crippen LogP contribution in [0.3, 0.4) is 0 Å². The Bertz CT molecular complexity index is 1530. The minimum absolute atomic E-state index is 0.0766. The van der Waals surface area contributed by atoms with E-state index in [2.05, 4.69) is 9.97 Å². The lowest BCUT2D eigenvalue weighted by Crippen LogP contribution is -2.12. The number of carbonyl (C=O) groups is 1. The number of carboxylic acids is 1. The highest BCUT2D eigenvalue weighted by Crippen LogP contribution is 2.31. The molecule has 0 bridgehead atoms. The van der Waals surface area contributed by atoms with Gasteiger partial charge in [0.2, 0.25) is 5.88 Å². The number of nitrogen functional groups attached to an aromatic ring is 1. The lowest BCUT2D eigenvalue weighted by atomic mass is 10.0. The molecule has 0 fully saturated rings. The second-order valence-corrected chi connectivity index (χ2v) is 7.56. The maximum absolute atomic E-state index is 12.0. The molecule has 3 aromatic carbocycles. The SMILES string of the molecule is N=C(N)c1ccc2cc(C(=O)O)n(Cc3cc(Oc4ccncn4)cc4ccccc34)c2c1. The van der Waals surface area contributed by atoms with Crippen LogP contribution in [0.4, 0.5) is 0 Å². The van der Waals surface area contributed by atoms with Crippen molar-refractivity contribution in [3.05, 3.63) is 96.1 Å². The first-order valence-electron chi connectivity index (χ1n) is 10.2. The molecule has 8 nitrogen and oxygen atoms in total. The highest BCUT2D eigenvalue weighted by Gasteiger charge is 2.17. The molecule has 0 spiro atoms. The summed E-state index contributed by atoms with van der Waals surface area (Å²) in [7, 11) is 0. The van der Waals surface area contributed by atoms with Crippen molar-refractivity contribution in [2.75, 3.05) is 0 Å². The Labute approximate surface area is 188 Å². The summed E-state index contributed by atoms with van der Waals surface area (Å²) in [6.45, 7) is 0.286. The maximum atomic E-state index is 12.0. The van der Waals surface area contributed by atoms with Crippen LogP contribution in [0.25, 0.3) is 21.7 Å². The average Bonchev–Trinajstić information content (AvgIpc) is 3.18. The first-order chi connectivity index (χ1) is 16.0. The van der Waals surface area contributed by atoms with Gasteiger partial charge in [0.15, 0.2) is 0 Å². The number of hydrogen-bond acceptors (Lipinski definition) is 5. The van der Waals surface area contributed by atoms with Crippen LogP contribution in [0, 0.1) is 5.41 Å². The molecule has 8 heteroatoms. The van der Waals surface area contributed by atoms with Crippen molar-refractivity contribution in [1.82, 2.24) is 14.5 Å². The van der Waals surface area contributed by atoms with E-state index < -0.39 is 5.97 Å². The molecule has 162 valence electrons. The van der Waals surface area contributed by atoms with E-state index >= 15 is 0 Å². The van der Waals surface area contributed by atoms with Crippen molar-refractivity contribution >= 4 is 33.5 Å². The third-order valence-corrected chi connectivity index (χ3v) is 5.46. The van der Waals surface area contributed by atoms with Crippen molar-refractivity contribution in [3.8, 4) is 11.6 Å². The van der Waals surface area contributed by atoms with Crippen LogP contribution < -0.4 is 10.5 Å². The number of nitrogens with one attached hydrogen (secondary N) is 1. The number of benzene rings is 3. The molecule has 0 amide bonds. The lowest BCUT2D eigenvalue weighted by Gasteiger charge is -2.14. The summed E-state index contributed by atoms with van der Waals surface area (Å²) in [4.78, 5) is 20.1. The van der Waals surface area contributed by atoms with E-state index in [0.717, 1.165) is 21.7 Å². The van der Waals surface area contributed by atoms with Gasteiger partial charge in [0.25, 0.3) is 0 Å². The minimum Gasteiger partial charge on any atom is -0.477 e. The number of carboxylic acid groups (broad SMARTS) is 1. The van der Waals surface area contributed by atoms with Crippen LogP contribution in [0.1, 0.15) is 21.6 Å². The van der Waals surface area contributed by atoms with Gasteiger partial charge < -0.3 is 20.1 Å². The number of nitrogens with zero attached hydrogens (tertiary/aromatic N) is 3. The summed E-state index contributed by atoms with van der Waals surface area (Å²) in [6.07, 6.45) is 3.01. The second-order valence-electron chi connectivity index (χ2n) is 7.56. The summed E-state index contributed by atoms with van der Waals surface area (Å²) >= 11 is 0. The molecule has 5 rings (SSSR count). The maximum Gasteiger partial charge on any atom is 0.352 e. The monoisotopic (exact) mass is 437 g/mol. The standard InChI is InChI=1S/C25H19N5O3/c26-24(27)17-6-5-16-11-22(25(31)32)30(21(16)12-17)13-18-10-19(33-23-7-8-28-14-29-23)9-15-3-1-2-4-20(15)18/h1-12,14H,13H2,(H3,26,27)(H,31,32). The number of fused-ring (bicyclic) bond motifs is 2. The van der Waals surface area contributed by atoms with Crippen LogP contribution in [-0.2, 0) is 6.54 Å². The topological polar surface area (TPSA) is 127 Å². The summed E-state index contributed by atoms with van der Waals surface area (Å²) in [6, 6.07) is 20.2. The van der Waals surface area contributed by atoms with Crippen LogP contribution in [0.5, 0.6) is 11.6 Å². The Balaban J connectivity index is 1.67. The number of ether oxygens (including phenoxy) is 1. The van der Waals surface area contributed by atoms with Crippen molar-refractivity contribution in [3.63, 3.8) is 0 Å². The van der Waals surface area contributed by atoms with Gasteiger partial charge >= 0.3 is 5.97 Å². The predicted molar refractivity (Wildman–Crippen MR) is 125 cm³/mol. The molecule has 0 aliphatic carbocycles. The van der Waals surface area contributed by atoms with Crippen molar-refractivity contribution < 1.29 is 14.6 Å². The Morgan fingerprint density at radius 2 is 1.91 bits per heavy atom. The van der Waals surface area contributed by atoms with Crippen LogP contribution in [0.15, 0.2) is 79.3 Å². The van der Waals surface area contributed by atoms with Gasteiger partial charge in [0, 0.05) is 35.3 Å². The van der Waals surface area contributed by atoms with Gasteiger partial charge in [0.1, 0.15) is 23.6 Å². The third-order valence-electron chi connectivity index (χ3n) is 5.46. The molecular formula is C25H19N5O3. The normalized spacial score (nSPS) is 11.0. The molecule has 0 radical (unpaired) electrons. The molecule has 0 atom stereocenters. The number of nitrogens with two attached hydrogens (primary N) is 1. The fraction of sp³-hybridized carbons (Fsp3) is 0.0400. The molecule has 2 aromatic heterocycles. The number of rotatable bonds is 6. The quantitative estimate of drug-likeness (QED) is 0.267. The van der Waals surface area contributed by atoms with Gasteiger partial charge in [-0.2, -0.15) is 0 Å². The summed E-state index contributed by atoms with van der Waals surface area (Å²) in [5.41, 5.74) is 7.92. The predicted octanol–water partition coefficient (Wildman–Crippen LogP) is 4.41. The first-order valence-corrected chi connectivity index (χ1v) is 10.2. The van der Waals surface area contributed by atoms with Crippen LogP contribution >= 0.6 is 0 Å². The zero-order valence-corrected chi connectivity index (χ0v) is 17.4. The average molecular weight is 437 g/mol. The number of amidine groups is 1. The number of hydrogen-bond donors (Lipinski definition) is 3. The van der Waals surface area contributed by atoms with E-state index in [1.54, 1.807) is 41.1 Å². The van der Waals surface area contributed by atoms with E-state index in [9.17, 15) is 9.90 Å². The summed E-state index contributed by atoms with van der Waals surface area (Å²) in [5.74, 6) is -0.115. The highest BCUT2D eigenvalue weighted by atomic mass is 16.5. The largest absolute Gasteiger partial charge is 0.477 e. The number of aromatic nitrogens is 3. The van der Waals surface area contributed by atoms with E-state index in [-0.39, 0.29) is 18.1 Å². The molecule has 0 aliphatic heterocycles. The molecule has 0 saturated heterocycles. The Morgan fingerprint density at radius 1 is 1.06 bits per heavy atom. The molecule has 0 aliphatic rings. The van der Waals surface area contributed by atoms with Gasteiger partial charge in [-0.3, -0.25) is 5.41 Å². The zero-order valence-electron chi connectivity index (χ0n) is 17.4. The first kappa shape index (κ1) is 20.2. The minimum atomic E-state index is -1.03. The molecule has 0 unspecified atom stereocenters. The van der Waals surface area contributed by atoms with E-state index in [0.29, 0.717) is 22.7 Å². The highest BCUT2D eigenvalue weighted by molar-refractivity contribution is 6.01. The van der Waals surface area contributed by atoms with Gasteiger partial charge in [-0.05, 0) is 40.6 Å². The summed E-state index contributed by atoms with van der Waals surface area (Å²) in [5, 5.41) is 20.3. The molecule has 2 heterocycles. The van der Waals surface area contributed by atoms with E-state index in [1.807, 2.05) is 36.4 Å². The fourth-order valence-electron chi connectivity index (χ4n) is 3.95. The van der Waals surface area contributed by atoms with Crippen molar-refractivity contribution in [1.29, 1.82) is 5.41 Å². The van der Waals surface area contributed by atoms with Gasteiger partial charge in [-0.15, -0.1) is 0 Å². The van der Waals surface area contributed by atoms with Crippen LogP contribution in [-0.4, -0.2) is 31.4 Å². The fourth-order valence-corrected chi connectivity index (χ4v) is 3.95. The van der Waals surface area contributed by atoms with E-state index in [1.165, 1.54) is 6.33 Å². The second kappa shape index (κ2) is 8.08.